The van der Waals surface area contributed by atoms with E-state index in [4.69, 9.17) is 0 Å². The fraction of sp³-hybridized carbons (Fsp3) is 0.353. The average Bonchev–Trinajstić information content (AvgIpc) is 3.20. The van der Waals surface area contributed by atoms with Gasteiger partial charge in [0.1, 0.15) is 5.69 Å². The van der Waals surface area contributed by atoms with E-state index in [-0.39, 0.29) is 5.91 Å². The number of pyridine rings is 1. The van der Waals surface area contributed by atoms with Gasteiger partial charge in [-0.15, -0.1) is 0 Å². The summed E-state index contributed by atoms with van der Waals surface area (Å²) >= 11 is 0. The zero-order chi connectivity index (χ0) is 15.8. The van der Waals surface area contributed by atoms with E-state index in [1.807, 2.05) is 24.1 Å². The molecule has 3 aromatic heterocycles. The third kappa shape index (κ3) is 2.60. The predicted molar refractivity (Wildman–Crippen MR) is 87.2 cm³/mol. The molecule has 6 heteroatoms. The highest BCUT2D eigenvalue weighted by atomic mass is 16.2. The van der Waals surface area contributed by atoms with Crippen molar-refractivity contribution in [2.24, 2.45) is 7.05 Å². The Morgan fingerprint density at radius 1 is 1.39 bits per heavy atom. The zero-order valence-corrected chi connectivity index (χ0v) is 13.1. The molecule has 0 aromatic carbocycles. The minimum atomic E-state index is 0.0181. The SMILES string of the molecule is Cn1ccc(C(=O)N2CCC[C@H](c3cc4ncccc4[nH]3)C2)n1. The van der Waals surface area contributed by atoms with Crippen molar-refractivity contribution in [3.63, 3.8) is 0 Å². The molecule has 1 fully saturated rings. The summed E-state index contributed by atoms with van der Waals surface area (Å²) in [5.41, 5.74) is 3.72. The molecule has 0 spiro atoms. The topological polar surface area (TPSA) is 66.8 Å². The first-order valence-corrected chi connectivity index (χ1v) is 7.93. The molecule has 0 unspecified atom stereocenters. The third-order valence-electron chi connectivity index (χ3n) is 4.49. The summed E-state index contributed by atoms with van der Waals surface area (Å²) in [6.07, 6.45) is 5.70. The molecule has 0 bridgehead atoms. The molecule has 1 amide bonds. The Balaban J connectivity index is 1.55. The first-order chi connectivity index (χ1) is 11.2. The van der Waals surface area contributed by atoms with Gasteiger partial charge in [0.2, 0.25) is 0 Å². The number of carbonyl (C=O) groups excluding carboxylic acids is 1. The number of aryl methyl sites for hydroxylation is 1. The van der Waals surface area contributed by atoms with Crippen LogP contribution in [0.15, 0.2) is 36.7 Å². The molecular weight excluding hydrogens is 290 g/mol. The van der Waals surface area contributed by atoms with Crippen molar-refractivity contribution in [2.45, 2.75) is 18.8 Å². The van der Waals surface area contributed by atoms with Crippen LogP contribution in [-0.4, -0.2) is 43.6 Å². The number of nitrogens with one attached hydrogen (secondary N) is 1. The van der Waals surface area contributed by atoms with Crippen LogP contribution in [0.3, 0.4) is 0 Å². The second kappa shape index (κ2) is 5.53. The van der Waals surface area contributed by atoms with Crippen molar-refractivity contribution in [1.29, 1.82) is 0 Å². The predicted octanol–water partition coefficient (Wildman–Crippen LogP) is 2.32. The maximum absolute atomic E-state index is 12.6. The molecule has 3 aromatic rings. The van der Waals surface area contributed by atoms with Crippen LogP contribution in [0.25, 0.3) is 11.0 Å². The number of nitrogens with zero attached hydrogens (tertiary/aromatic N) is 4. The van der Waals surface area contributed by atoms with E-state index in [9.17, 15) is 4.79 Å². The Morgan fingerprint density at radius 3 is 3.09 bits per heavy atom. The van der Waals surface area contributed by atoms with Crippen molar-refractivity contribution in [3.8, 4) is 0 Å². The second-order valence-electron chi connectivity index (χ2n) is 6.13. The molecule has 23 heavy (non-hydrogen) atoms. The van der Waals surface area contributed by atoms with E-state index in [2.05, 4.69) is 21.1 Å². The molecule has 1 N–H and O–H groups in total. The molecule has 0 saturated carbocycles. The van der Waals surface area contributed by atoms with Crippen molar-refractivity contribution in [3.05, 3.63) is 48.0 Å². The molecular formula is C17H19N5O. The lowest BCUT2D eigenvalue weighted by Crippen LogP contribution is -2.39. The molecule has 118 valence electrons. The summed E-state index contributed by atoms with van der Waals surface area (Å²) in [4.78, 5) is 22.3. The van der Waals surface area contributed by atoms with Crippen LogP contribution < -0.4 is 0 Å². The number of likely N-dealkylation sites (tertiary alicyclic amines) is 1. The van der Waals surface area contributed by atoms with E-state index < -0.39 is 0 Å². The van der Waals surface area contributed by atoms with Gasteiger partial charge in [-0.25, -0.2) is 0 Å². The maximum atomic E-state index is 12.6. The van der Waals surface area contributed by atoms with Crippen molar-refractivity contribution < 1.29 is 4.79 Å². The highest BCUT2D eigenvalue weighted by Crippen LogP contribution is 2.28. The van der Waals surface area contributed by atoms with Gasteiger partial charge in [-0.2, -0.15) is 5.10 Å². The van der Waals surface area contributed by atoms with Gasteiger partial charge in [-0.1, -0.05) is 0 Å². The standard InChI is InChI=1S/C17H19N5O/c1-21-9-6-14(20-21)17(23)22-8-3-4-12(11-22)15-10-16-13(19-15)5-2-7-18-16/h2,5-7,9-10,12,19H,3-4,8,11H2,1H3/t12-/m0/s1. The molecule has 1 aliphatic rings. The molecule has 1 aliphatic heterocycles. The van der Waals surface area contributed by atoms with Crippen LogP contribution in [0.2, 0.25) is 0 Å². The highest BCUT2D eigenvalue weighted by Gasteiger charge is 2.27. The second-order valence-corrected chi connectivity index (χ2v) is 6.13. The number of H-pyrrole nitrogens is 1. The number of aromatic amines is 1. The highest BCUT2D eigenvalue weighted by molar-refractivity contribution is 5.92. The molecule has 4 rings (SSSR count). The molecule has 6 nitrogen and oxygen atoms in total. The Hall–Kier alpha value is -2.63. The maximum Gasteiger partial charge on any atom is 0.274 e. The van der Waals surface area contributed by atoms with Crippen molar-refractivity contribution in [2.75, 3.05) is 13.1 Å². The molecule has 4 heterocycles. The average molecular weight is 309 g/mol. The Kier molecular flexibility index (Phi) is 3.37. The first kappa shape index (κ1) is 14.0. The number of aromatic nitrogens is 4. The quantitative estimate of drug-likeness (QED) is 0.790. The largest absolute Gasteiger partial charge is 0.357 e. The van der Waals surface area contributed by atoms with Gasteiger partial charge in [0.05, 0.1) is 11.0 Å². The fourth-order valence-electron chi connectivity index (χ4n) is 3.30. The Labute approximate surface area is 134 Å². The smallest absolute Gasteiger partial charge is 0.274 e. The van der Waals surface area contributed by atoms with Gasteiger partial charge >= 0.3 is 0 Å². The third-order valence-corrected chi connectivity index (χ3v) is 4.49. The van der Waals surface area contributed by atoms with Crippen LogP contribution >= 0.6 is 0 Å². The van der Waals surface area contributed by atoms with Crippen LogP contribution in [0, 0.1) is 0 Å². The van der Waals surface area contributed by atoms with E-state index in [0.29, 0.717) is 11.6 Å². The lowest BCUT2D eigenvalue weighted by atomic mass is 9.94. The number of hydrogen-bond donors (Lipinski definition) is 1. The van der Waals surface area contributed by atoms with Gasteiger partial charge in [0, 0.05) is 44.1 Å². The number of rotatable bonds is 2. The summed E-state index contributed by atoms with van der Waals surface area (Å²) in [5, 5.41) is 4.23. The number of hydrogen-bond acceptors (Lipinski definition) is 3. The Bertz CT molecular complexity index is 816. The monoisotopic (exact) mass is 309 g/mol. The summed E-state index contributed by atoms with van der Waals surface area (Å²) in [7, 11) is 1.83. The van der Waals surface area contributed by atoms with Crippen molar-refractivity contribution >= 4 is 16.9 Å². The van der Waals surface area contributed by atoms with Crippen LogP contribution in [0.1, 0.15) is 34.9 Å². The van der Waals surface area contributed by atoms with E-state index >= 15 is 0 Å². The first-order valence-electron chi connectivity index (χ1n) is 7.93. The summed E-state index contributed by atoms with van der Waals surface area (Å²) in [6.45, 7) is 1.52. The summed E-state index contributed by atoms with van der Waals surface area (Å²) in [6, 6.07) is 7.85. The van der Waals surface area contributed by atoms with E-state index in [0.717, 1.165) is 42.7 Å². The minimum Gasteiger partial charge on any atom is -0.357 e. The van der Waals surface area contributed by atoms with Crippen LogP contribution in [0.5, 0.6) is 0 Å². The number of piperidine rings is 1. The zero-order valence-electron chi connectivity index (χ0n) is 13.1. The minimum absolute atomic E-state index is 0.0181. The number of amides is 1. The number of carbonyl (C=O) groups is 1. The van der Waals surface area contributed by atoms with Crippen molar-refractivity contribution in [1.82, 2.24) is 24.6 Å². The molecule has 0 aliphatic carbocycles. The fourth-order valence-corrected chi connectivity index (χ4v) is 3.30. The molecule has 0 radical (unpaired) electrons. The van der Waals surface area contributed by atoms with Gasteiger partial charge in [0.15, 0.2) is 0 Å². The van der Waals surface area contributed by atoms with Gasteiger partial charge in [0.25, 0.3) is 5.91 Å². The Morgan fingerprint density at radius 2 is 2.30 bits per heavy atom. The molecule has 1 saturated heterocycles. The van der Waals surface area contributed by atoms with Gasteiger partial charge in [-0.05, 0) is 37.1 Å². The van der Waals surface area contributed by atoms with Gasteiger partial charge < -0.3 is 9.88 Å². The lowest BCUT2D eigenvalue weighted by Gasteiger charge is -2.32. The van der Waals surface area contributed by atoms with Crippen LogP contribution in [0.4, 0.5) is 0 Å². The summed E-state index contributed by atoms with van der Waals surface area (Å²) < 4.78 is 1.66. The van der Waals surface area contributed by atoms with Gasteiger partial charge in [-0.3, -0.25) is 14.5 Å². The van der Waals surface area contributed by atoms with Crippen LogP contribution in [-0.2, 0) is 7.05 Å². The van der Waals surface area contributed by atoms with E-state index in [1.54, 1.807) is 23.1 Å². The normalized spacial score (nSPS) is 18.5. The van der Waals surface area contributed by atoms with E-state index in [1.165, 1.54) is 0 Å². The number of fused-ring (bicyclic) bond motifs is 1. The lowest BCUT2D eigenvalue weighted by molar-refractivity contribution is 0.0699. The molecule has 1 atom stereocenters. The summed E-state index contributed by atoms with van der Waals surface area (Å²) in [5.74, 6) is 0.343.